The summed E-state index contributed by atoms with van der Waals surface area (Å²) >= 11 is 0. The van der Waals surface area contributed by atoms with Crippen LogP contribution in [0.1, 0.15) is 31.8 Å². The third-order valence-electron chi connectivity index (χ3n) is 4.22. The zero-order valence-electron chi connectivity index (χ0n) is 13.3. The summed E-state index contributed by atoms with van der Waals surface area (Å²) in [4.78, 5) is 35.9. The van der Waals surface area contributed by atoms with Crippen LogP contribution < -0.4 is 0 Å². The standard InChI is InChI=1S/C20H15FO4/c21-11-17-16(9-12-5-7-13(8-6-12)10-18(22)23)19(24)14-3-1-2-4-15(14)20(17)25/h1-8H,9-11H2,(H,22,23). The van der Waals surface area contributed by atoms with Crippen LogP contribution in [0.15, 0.2) is 59.7 Å². The molecule has 25 heavy (non-hydrogen) atoms. The fraction of sp³-hybridized carbons (Fsp3) is 0.150. The number of carbonyl (C=O) groups is 3. The number of rotatable bonds is 5. The Balaban J connectivity index is 1.94. The fourth-order valence-corrected chi connectivity index (χ4v) is 2.96. The number of Topliss-reactive ketones (excluding diaryl/α,β-unsaturated/α-hetero) is 2. The summed E-state index contributed by atoms with van der Waals surface area (Å²) in [6.45, 7) is -0.995. The number of fused-ring (bicyclic) bond motifs is 1. The summed E-state index contributed by atoms with van der Waals surface area (Å²) in [7, 11) is 0. The van der Waals surface area contributed by atoms with Gasteiger partial charge in [-0.25, -0.2) is 4.39 Å². The number of carbonyl (C=O) groups excluding carboxylic acids is 2. The Labute approximate surface area is 143 Å². The van der Waals surface area contributed by atoms with E-state index in [9.17, 15) is 18.8 Å². The van der Waals surface area contributed by atoms with Gasteiger partial charge < -0.3 is 5.11 Å². The van der Waals surface area contributed by atoms with E-state index < -0.39 is 18.4 Å². The number of allylic oxidation sites excluding steroid dienone is 2. The van der Waals surface area contributed by atoms with Gasteiger partial charge in [0, 0.05) is 28.7 Å². The molecule has 1 aliphatic carbocycles. The molecule has 0 atom stereocenters. The van der Waals surface area contributed by atoms with Gasteiger partial charge in [-0.05, 0) is 11.1 Å². The molecule has 0 heterocycles. The third kappa shape index (κ3) is 3.26. The maximum Gasteiger partial charge on any atom is 0.307 e. The summed E-state index contributed by atoms with van der Waals surface area (Å²) < 4.78 is 13.5. The lowest BCUT2D eigenvalue weighted by molar-refractivity contribution is -0.136. The van der Waals surface area contributed by atoms with Gasteiger partial charge in [0.2, 0.25) is 0 Å². The lowest BCUT2D eigenvalue weighted by Gasteiger charge is -2.19. The number of halogens is 1. The Morgan fingerprint density at radius 1 is 0.840 bits per heavy atom. The lowest BCUT2D eigenvalue weighted by atomic mass is 9.82. The molecule has 0 aromatic heterocycles. The summed E-state index contributed by atoms with van der Waals surface area (Å²) in [5.41, 5.74) is 1.95. The highest BCUT2D eigenvalue weighted by Crippen LogP contribution is 2.28. The predicted molar refractivity (Wildman–Crippen MR) is 89.6 cm³/mol. The molecule has 0 amide bonds. The molecule has 0 spiro atoms. The number of carboxylic acid groups (broad SMARTS) is 1. The van der Waals surface area contributed by atoms with Gasteiger partial charge >= 0.3 is 5.97 Å². The molecule has 3 rings (SSSR count). The number of hydrogen-bond donors (Lipinski definition) is 1. The molecule has 2 aromatic carbocycles. The Morgan fingerprint density at radius 3 is 1.88 bits per heavy atom. The van der Waals surface area contributed by atoms with Crippen LogP contribution in [-0.2, 0) is 17.6 Å². The highest BCUT2D eigenvalue weighted by atomic mass is 19.1. The van der Waals surface area contributed by atoms with Crippen molar-refractivity contribution < 1.29 is 23.9 Å². The van der Waals surface area contributed by atoms with Crippen LogP contribution in [0.25, 0.3) is 0 Å². The fourth-order valence-electron chi connectivity index (χ4n) is 2.96. The van der Waals surface area contributed by atoms with Crippen LogP contribution in [0.2, 0.25) is 0 Å². The second kappa shape index (κ2) is 6.81. The van der Waals surface area contributed by atoms with Gasteiger partial charge in [-0.1, -0.05) is 48.5 Å². The minimum absolute atomic E-state index is 0.0938. The van der Waals surface area contributed by atoms with Gasteiger partial charge in [-0.2, -0.15) is 0 Å². The van der Waals surface area contributed by atoms with E-state index in [-0.39, 0.29) is 35.3 Å². The summed E-state index contributed by atoms with van der Waals surface area (Å²) in [6.07, 6.45) is 0.0367. The third-order valence-corrected chi connectivity index (χ3v) is 4.22. The van der Waals surface area contributed by atoms with E-state index in [4.69, 9.17) is 5.11 Å². The summed E-state index contributed by atoms with van der Waals surface area (Å²) in [5, 5.41) is 8.79. The van der Waals surface area contributed by atoms with Crippen LogP contribution in [0.5, 0.6) is 0 Å². The average Bonchev–Trinajstić information content (AvgIpc) is 2.61. The van der Waals surface area contributed by atoms with E-state index in [1.54, 1.807) is 42.5 Å². The monoisotopic (exact) mass is 338 g/mol. The quantitative estimate of drug-likeness (QED) is 0.909. The molecule has 0 aliphatic heterocycles. The van der Waals surface area contributed by atoms with Gasteiger partial charge in [0.1, 0.15) is 6.67 Å². The van der Waals surface area contributed by atoms with E-state index in [2.05, 4.69) is 0 Å². The van der Waals surface area contributed by atoms with E-state index in [1.807, 2.05) is 0 Å². The predicted octanol–water partition coefficient (Wildman–Crippen LogP) is 3.20. The molecule has 126 valence electrons. The van der Waals surface area contributed by atoms with Crippen molar-refractivity contribution in [3.05, 3.63) is 81.9 Å². The van der Waals surface area contributed by atoms with Gasteiger partial charge in [-0.3, -0.25) is 14.4 Å². The molecule has 1 aliphatic rings. The van der Waals surface area contributed by atoms with E-state index in [0.29, 0.717) is 11.1 Å². The maximum absolute atomic E-state index is 13.5. The van der Waals surface area contributed by atoms with Crippen molar-refractivity contribution in [3.8, 4) is 0 Å². The van der Waals surface area contributed by atoms with Crippen LogP contribution >= 0.6 is 0 Å². The number of ketones is 2. The molecular weight excluding hydrogens is 323 g/mol. The first-order chi connectivity index (χ1) is 12.0. The van der Waals surface area contributed by atoms with Crippen LogP contribution in [-0.4, -0.2) is 29.3 Å². The Kier molecular flexibility index (Phi) is 4.57. The molecule has 0 bridgehead atoms. The second-order valence-corrected chi connectivity index (χ2v) is 5.86. The topological polar surface area (TPSA) is 71.4 Å². The number of alkyl halides is 1. The van der Waals surface area contributed by atoms with Crippen molar-refractivity contribution in [2.45, 2.75) is 12.8 Å². The summed E-state index contributed by atoms with van der Waals surface area (Å²) in [6, 6.07) is 13.1. The average molecular weight is 338 g/mol. The Hall–Kier alpha value is -3.08. The molecule has 5 heteroatoms. The number of aliphatic carboxylic acids is 1. The molecule has 0 saturated heterocycles. The minimum atomic E-state index is -0.995. The Bertz CT molecular complexity index is 894. The minimum Gasteiger partial charge on any atom is -0.481 e. The smallest absolute Gasteiger partial charge is 0.307 e. The molecule has 0 fully saturated rings. The first-order valence-corrected chi connectivity index (χ1v) is 7.77. The first kappa shape index (κ1) is 16.8. The van der Waals surface area contributed by atoms with Crippen LogP contribution in [0.4, 0.5) is 4.39 Å². The van der Waals surface area contributed by atoms with Crippen LogP contribution in [0, 0.1) is 0 Å². The van der Waals surface area contributed by atoms with Crippen molar-refractivity contribution in [1.29, 1.82) is 0 Å². The Morgan fingerprint density at radius 2 is 1.36 bits per heavy atom. The van der Waals surface area contributed by atoms with Crippen molar-refractivity contribution in [2.24, 2.45) is 0 Å². The first-order valence-electron chi connectivity index (χ1n) is 7.77. The largest absolute Gasteiger partial charge is 0.481 e. The van der Waals surface area contributed by atoms with Crippen molar-refractivity contribution in [1.82, 2.24) is 0 Å². The van der Waals surface area contributed by atoms with Crippen molar-refractivity contribution in [2.75, 3.05) is 6.67 Å². The van der Waals surface area contributed by atoms with Gasteiger partial charge in [0.25, 0.3) is 0 Å². The highest BCUT2D eigenvalue weighted by Gasteiger charge is 2.31. The molecule has 4 nitrogen and oxygen atoms in total. The SMILES string of the molecule is O=C(O)Cc1ccc(CC2=C(CF)C(=O)c3ccccc3C2=O)cc1. The van der Waals surface area contributed by atoms with E-state index in [0.717, 1.165) is 5.56 Å². The van der Waals surface area contributed by atoms with Gasteiger partial charge in [-0.15, -0.1) is 0 Å². The summed E-state index contributed by atoms with van der Waals surface area (Å²) in [5.74, 6) is -1.72. The zero-order valence-corrected chi connectivity index (χ0v) is 13.3. The molecule has 0 saturated carbocycles. The van der Waals surface area contributed by atoms with Gasteiger partial charge in [0.05, 0.1) is 6.42 Å². The number of benzene rings is 2. The van der Waals surface area contributed by atoms with Crippen LogP contribution in [0.3, 0.4) is 0 Å². The molecule has 0 unspecified atom stereocenters. The molecule has 0 radical (unpaired) electrons. The second-order valence-electron chi connectivity index (χ2n) is 5.86. The highest BCUT2D eigenvalue weighted by molar-refractivity contribution is 6.27. The molecule has 1 N–H and O–H groups in total. The van der Waals surface area contributed by atoms with Gasteiger partial charge in [0.15, 0.2) is 11.6 Å². The van der Waals surface area contributed by atoms with E-state index in [1.165, 1.54) is 6.07 Å². The molecule has 2 aromatic rings. The maximum atomic E-state index is 13.5. The zero-order chi connectivity index (χ0) is 18.0. The lowest BCUT2D eigenvalue weighted by Crippen LogP contribution is -2.24. The number of hydrogen-bond acceptors (Lipinski definition) is 3. The molecular formula is C20H15FO4. The van der Waals surface area contributed by atoms with Crippen molar-refractivity contribution >= 4 is 17.5 Å². The van der Waals surface area contributed by atoms with Crippen molar-refractivity contribution in [3.63, 3.8) is 0 Å². The van der Waals surface area contributed by atoms with E-state index >= 15 is 0 Å². The normalized spacial score (nSPS) is 13.8. The number of carboxylic acids is 1.